The van der Waals surface area contributed by atoms with Crippen molar-refractivity contribution in [3.05, 3.63) is 29.2 Å². The SMILES string of the molecule is CCC(CNC)c1nc2ccc(Cl)cn2n1. The Morgan fingerprint density at radius 1 is 1.50 bits per heavy atom. The van der Waals surface area contributed by atoms with Gasteiger partial charge in [-0.05, 0) is 25.6 Å². The van der Waals surface area contributed by atoms with Crippen LogP contribution in [0.15, 0.2) is 18.3 Å². The van der Waals surface area contributed by atoms with Gasteiger partial charge in [0.15, 0.2) is 11.5 Å². The summed E-state index contributed by atoms with van der Waals surface area (Å²) in [6.07, 6.45) is 2.80. The van der Waals surface area contributed by atoms with E-state index in [9.17, 15) is 0 Å². The van der Waals surface area contributed by atoms with Crippen LogP contribution in [0, 0.1) is 0 Å². The molecule has 0 aliphatic carbocycles. The summed E-state index contributed by atoms with van der Waals surface area (Å²) in [5, 5.41) is 8.27. The van der Waals surface area contributed by atoms with E-state index >= 15 is 0 Å². The molecule has 2 aromatic rings. The summed E-state index contributed by atoms with van der Waals surface area (Å²) in [5.41, 5.74) is 0.842. The highest BCUT2D eigenvalue weighted by Crippen LogP contribution is 2.17. The molecule has 86 valence electrons. The van der Waals surface area contributed by atoms with Gasteiger partial charge in [-0.25, -0.2) is 9.50 Å². The van der Waals surface area contributed by atoms with Gasteiger partial charge in [0.05, 0.1) is 5.02 Å². The Morgan fingerprint density at radius 3 is 3.00 bits per heavy atom. The van der Waals surface area contributed by atoms with Gasteiger partial charge in [0, 0.05) is 18.7 Å². The molecule has 4 nitrogen and oxygen atoms in total. The van der Waals surface area contributed by atoms with Crippen LogP contribution < -0.4 is 5.32 Å². The second kappa shape index (κ2) is 4.80. The highest BCUT2D eigenvalue weighted by molar-refractivity contribution is 6.30. The topological polar surface area (TPSA) is 42.2 Å². The van der Waals surface area contributed by atoms with Crippen LogP contribution in [0.5, 0.6) is 0 Å². The zero-order valence-electron chi connectivity index (χ0n) is 9.44. The number of nitrogens with zero attached hydrogens (tertiary/aromatic N) is 3. The summed E-state index contributed by atoms with van der Waals surface area (Å²) in [6, 6.07) is 3.71. The largest absolute Gasteiger partial charge is 0.319 e. The van der Waals surface area contributed by atoms with Crippen LogP contribution in [0.3, 0.4) is 0 Å². The second-order valence-corrected chi connectivity index (χ2v) is 4.22. The molecule has 16 heavy (non-hydrogen) atoms. The Hall–Kier alpha value is -1.13. The van der Waals surface area contributed by atoms with E-state index in [1.54, 1.807) is 10.7 Å². The van der Waals surface area contributed by atoms with E-state index in [0.717, 1.165) is 24.4 Å². The highest BCUT2D eigenvalue weighted by atomic mass is 35.5. The molecule has 5 heteroatoms. The monoisotopic (exact) mass is 238 g/mol. The molecule has 0 fully saturated rings. The van der Waals surface area contributed by atoms with Gasteiger partial charge in [0.1, 0.15) is 0 Å². The Kier molecular flexibility index (Phi) is 3.41. The number of hydrogen-bond donors (Lipinski definition) is 1. The van der Waals surface area contributed by atoms with Crippen molar-refractivity contribution in [1.82, 2.24) is 19.9 Å². The minimum absolute atomic E-state index is 0.351. The van der Waals surface area contributed by atoms with Gasteiger partial charge in [-0.15, -0.1) is 0 Å². The number of likely N-dealkylation sites (N-methyl/N-ethyl adjacent to an activating group) is 1. The van der Waals surface area contributed by atoms with Crippen molar-refractivity contribution >= 4 is 17.2 Å². The van der Waals surface area contributed by atoms with Crippen molar-refractivity contribution in [3.63, 3.8) is 0 Å². The quantitative estimate of drug-likeness (QED) is 0.887. The van der Waals surface area contributed by atoms with Crippen molar-refractivity contribution < 1.29 is 0 Å². The molecule has 0 aliphatic rings. The zero-order chi connectivity index (χ0) is 11.5. The molecular formula is C11H15ClN4. The summed E-state index contributed by atoms with van der Waals surface area (Å²) in [5.74, 6) is 1.22. The lowest BCUT2D eigenvalue weighted by Crippen LogP contribution is -2.17. The van der Waals surface area contributed by atoms with Gasteiger partial charge in [-0.3, -0.25) is 0 Å². The standard InChI is InChI=1S/C11H15ClN4/c1-3-8(6-13-2)11-14-10-5-4-9(12)7-16(10)15-11/h4-5,7-8,13H,3,6H2,1-2H3. The lowest BCUT2D eigenvalue weighted by atomic mass is 10.1. The van der Waals surface area contributed by atoms with E-state index < -0.39 is 0 Å². The molecule has 0 radical (unpaired) electrons. The number of halogens is 1. The molecule has 1 N–H and O–H groups in total. The van der Waals surface area contributed by atoms with E-state index in [4.69, 9.17) is 11.6 Å². The third kappa shape index (κ3) is 2.18. The molecule has 0 aromatic carbocycles. The van der Waals surface area contributed by atoms with Gasteiger partial charge >= 0.3 is 0 Å². The number of pyridine rings is 1. The summed E-state index contributed by atoms with van der Waals surface area (Å²) in [7, 11) is 1.94. The molecule has 0 aliphatic heterocycles. The van der Waals surface area contributed by atoms with E-state index in [1.165, 1.54) is 0 Å². The van der Waals surface area contributed by atoms with Crippen molar-refractivity contribution in [2.24, 2.45) is 0 Å². The lowest BCUT2D eigenvalue weighted by Gasteiger charge is -2.08. The Labute approximate surface area is 99.6 Å². The van der Waals surface area contributed by atoms with Crippen LogP contribution in [0.25, 0.3) is 5.65 Å². The number of nitrogens with one attached hydrogen (secondary N) is 1. The first-order valence-corrected chi connectivity index (χ1v) is 5.78. The van der Waals surface area contributed by atoms with Crippen LogP contribution in [0.4, 0.5) is 0 Å². The molecule has 0 spiro atoms. The minimum Gasteiger partial charge on any atom is -0.319 e. The molecule has 1 unspecified atom stereocenters. The summed E-state index contributed by atoms with van der Waals surface area (Å²) in [6.45, 7) is 3.03. The van der Waals surface area contributed by atoms with E-state index in [1.807, 2.05) is 19.2 Å². The Balaban J connectivity index is 2.37. The average Bonchev–Trinajstić information content (AvgIpc) is 2.68. The Morgan fingerprint density at radius 2 is 2.31 bits per heavy atom. The highest BCUT2D eigenvalue weighted by Gasteiger charge is 2.14. The van der Waals surface area contributed by atoms with Crippen molar-refractivity contribution in [1.29, 1.82) is 0 Å². The van der Waals surface area contributed by atoms with Crippen LogP contribution in [0.1, 0.15) is 25.1 Å². The fourth-order valence-electron chi connectivity index (χ4n) is 1.71. The van der Waals surface area contributed by atoms with Crippen LogP contribution in [-0.4, -0.2) is 28.2 Å². The maximum absolute atomic E-state index is 5.90. The number of hydrogen-bond acceptors (Lipinski definition) is 3. The molecule has 0 saturated heterocycles. The lowest BCUT2D eigenvalue weighted by molar-refractivity contribution is 0.580. The van der Waals surface area contributed by atoms with Gasteiger partial charge < -0.3 is 5.32 Å². The molecule has 0 saturated carbocycles. The van der Waals surface area contributed by atoms with Crippen LogP contribution >= 0.6 is 11.6 Å². The predicted octanol–water partition coefficient (Wildman–Crippen LogP) is 2.10. The van der Waals surface area contributed by atoms with E-state index in [0.29, 0.717) is 10.9 Å². The summed E-state index contributed by atoms with van der Waals surface area (Å²) in [4.78, 5) is 4.50. The first-order valence-electron chi connectivity index (χ1n) is 5.41. The zero-order valence-corrected chi connectivity index (χ0v) is 10.2. The number of aromatic nitrogens is 3. The molecule has 1 atom stereocenters. The minimum atomic E-state index is 0.351. The van der Waals surface area contributed by atoms with Crippen LogP contribution in [0.2, 0.25) is 5.02 Å². The van der Waals surface area contributed by atoms with Gasteiger partial charge in [-0.1, -0.05) is 18.5 Å². The fourth-order valence-corrected chi connectivity index (χ4v) is 1.87. The third-order valence-electron chi connectivity index (χ3n) is 2.62. The van der Waals surface area contributed by atoms with Gasteiger partial charge in [0.25, 0.3) is 0 Å². The molecule has 0 bridgehead atoms. The molecule has 2 aromatic heterocycles. The molecular weight excluding hydrogens is 224 g/mol. The normalized spacial score (nSPS) is 13.2. The first kappa shape index (κ1) is 11.4. The smallest absolute Gasteiger partial charge is 0.156 e. The van der Waals surface area contributed by atoms with Crippen LogP contribution in [-0.2, 0) is 0 Å². The maximum Gasteiger partial charge on any atom is 0.156 e. The Bertz CT molecular complexity index is 480. The number of rotatable bonds is 4. The summed E-state index contributed by atoms with van der Waals surface area (Å²) < 4.78 is 1.73. The molecule has 2 rings (SSSR count). The molecule has 2 heterocycles. The van der Waals surface area contributed by atoms with E-state index in [-0.39, 0.29) is 0 Å². The predicted molar refractivity (Wildman–Crippen MR) is 65.0 cm³/mol. The van der Waals surface area contributed by atoms with Gasteiger partial charge in [0.2, 0.25) is 0 Å². The maximum atomic E-state index is 5.90. The fraction of sp³-hybridized carbons (Fsp3) is 0.455. The van der Waals surface area contributed by atoms with Crippen molar-refractivity contribution in [2.75, 3.05) is 13.6 Å². The average molecular weight is 239 g/mol. The second-order valence-electron chi connectivity index (χ2n) is 3.78. The third-order valence-corrected chi connectivity index (χ3v) is 2.84. The summed E-state index contributed by atoms with van der Waals surface area (Å²) >= 11 is 5.90. The van der Waals surface area contributed by atoms with Crippen molar-refractivity contribution in [2.45, 2.75) is 19.3 Å². The number of fused-ring (bicyclic) bond motifs is 1. The molecule has 0 amide bonds. The van der Waals surface area contributed by atoms with Gasteiger partial charge in [-0.2, -0.15) is 5.10 Å². The van der Waals surface area contributed by atoms with E-state index in [2.05, 4.69) is 22.3 Å². The first-order chi connectivity index (χ1) is 7.74. The van der Waals surface area contributed by atoms with Crippen molar-refractivity contribution in [3.8, 4) is 0 Å².